The van der Waals surface area contributed by atoms with Gasteiger partial charge in [0.25, 0.3) is 0 Å². The van der Waals surface area contributed by atoms with Crippen LogP contribution in [0.4, 0.5) is 4.79 Å². The van der Waals surface area contributed by atoms with E-state index in [1.165, 1.54) is 5.56 Å². The van der Waals surface area contributed by atoms with Crippen LogP contribution in [0.1, 0.15) is 36.9 Å². The number of aryl methyl sites for hydroxylation is 1. The van der Waals surface area contributed by atoms with Crippen LogP contribution in [-0.4, -0.2) is 36.6 Å². The normalized spacial score (nSPS) is 17.6. The number of urea groups is 1. The molecular weight excluding hydrogens is 268 g/mol. The minimum absolute atomic E-state index is 0.0796. The zero-order valence-corrected chi connectivity index (χ0v) is 12.6. The fourth-order valence-corrected chi connectivity index (χ4v) is 2.61. The Labute approximate surface area is 125 Å². The van der Waals surface area contributed by atoms with Crippen LogP contribution in [0.3, 0.4) is 0 Å². The van der Waals surface area contributed by atoms with Gasteiger partial charge < -0.3 is 15.0 Å². The Hall–Kier alpha value is -2.04. The SMILES string of the molecule is CCOC(=O)CNC(=O)N1CCC[C@H]1c1ccc(C)cc1. The Bertz CT molecular complexity index is 499. The Morgan fingerprint density at radius 1 is 1.33 bits per heavy atom. The van der Waals surface area contributed by atoms with Gasteiger partial charge in [0.15, 0.2) is 0 Å². The molecule has 1 N–H and O–H groups in total. The summed E-state index contributed by atoms with van der Waals surface area (Å²) in [6.07, 6.45) is 1.93. The summed E-state index contributed by atoms with van der Waals surface area (Å²) in [4.78, 5) is 25.3. The van der Waals surface area contributed by atoms with Gasteiger partial charge in [0, 0.05) is 6.54 Å². The van der Waals surface area contributed by atoms with Gasteiger partial charge >= 0.3 is 12.0 Å². The molecule has 114 valence electrons. The number of nitrogens with one attached hydrogen (secondary N) is 1. The zero-order valence-electron chi connectivity index (χ0n) is 12.6. The van der Waals surface area contributed by atoms with E-state index in [1.807, 2.05) is 6.92 Å². The first-order valence-corrected chi connectivity index (χ1v) is 7.38. The molecular formula is C16H22N2O3. The predicted molar refractivity (Wildman–Crippen MR) is 79.9 cm³/mol. The lowest BCUT2D eigenvalue weighted by molar-refractivity contribution is -0.141. The summed E-state index contributed by atoms with van der Waals surface area (Å²) < 4.78 is 4.81. The molecule has 5 heteroatoms. The Morgan fingerprint density at radius 3 is 2.71 bits per heavy atom. The molecule has 0 aliphatic carbocycles. The van der Waals surface area contributed by atoms with Crippen molar-refractivity contribution in [1.82, 2.24) is 10.2 Å². The van der Waals surface area contributed by atoms with E-state index in [4.69, 9.17) is 4.74 Å². The van der Waals surface area contributed by atoms with E-state index < -0.39 is 5.97 Å². The topological polar surface area (TPSA) is 58.6 Å². The molecule has 1 saturated heterocycles. The van der Waals surface area contributed by atoms with Crippen molar-refractivity contribution in [2.75, 3.05) is 19.7 Å². The first-order valence-electron chi connectivity index (χ1n) is 7.38. The van der Waals surface area contributed by atoms with Gasteiger partial charge in [0.1, 0.15) is 6.54 Å². The van der Waals surface area contributed by atoms with Gasteiger partial charge in [0.2, 0.25) is 0 Å². The minimum atomic E-state index is -0.406. The number of ether oxygens (including phenoxy) is 1. The number of hydrogen-bond acceptors (Lipinski definition) is 3. The Morgan fingerprint density at radius 2 is 2.05 bits per heavy atom. The van der Waals surface area contributed by atoms with Crippen LogP contribution in [-0.2, 0) is 9.53 Å². The maximum absolute atomic E-state index is 12.2. The largest absolute Gasteiger partial charge is 0.465 e. The van der Waals surface area contributed by atoms with Gasteiger partial charge in [-0.1, -0.05) is 29.8 Å². The first kappa shape index (κ1) is 15.4. The Kier molecular flexibility index (Phi) is 5.20. The molecule has 1 aliphatic rings. The third kappa shape index (κ3) is 3.97. The summed E-state index contributed by atoms with van der Waals surface area (Å²) >= 11 is 0. The number of amides is 2. The second-order valence-electron chi connectivity index (χ2n) is 5.23. The van der Waals surface area contributed by atoms with Crippen molar-refractivity contribution in [1.29, 1.82) is 0 Å². The van der Waals surface area contributed by atoms with Crippen LogP contribution in [0.5, 0.6) is 0 Å². The molecule has 0 aromatic heterocycles. The lowest BCUT2D eigenvalue weighted by Gasteiger charge is -2.25. The molecule has 1 aliphatic heterocycles. The molecule has 5 nitrogen and oxygen atoms in total. The zero-order chi connectivity index (χ0) is 15.2. The minimum Gasteiger partial charge on any atom is -0.465 e. The van der Waals surface area contributed by atoms with E-state index in [0.29, 0.717) is 13.2 Å². The van der Waals surface area contributed by atoms with Crippen LogP contribution >= 0.6 is 0 Å². The van der Waals surface area contributed by atoms with E-state index in [-0.39, 0.29) is 18.6 Å². The summed E-state index contributed by atoms with van der Waals surface area (Å²) in [5, 5.41) is 2.63. The average Bonchev–Trinajstić information content (AvgIpc) is 2.95. The molecule has 1 aromatic rings. The number of benzene rings is 1. The van der Waals surface area contributed by atoms with Crippen molar-refractivity contribution < 1.29 is 14.3 Å². The number of esters is 1. The van der Waals surface area contributed by atoms with E-state index in [1.54, 1.807) is 11.8 Å². The van der Waals surface area contributed by atoms with Crippen molar-refractivity contribution in [3.8, 4) is 0 Å². The van der Waals surface area contributed by atoms with Gasteiger partial charge in [-0.05, 0) is 32.3 Å². The van der Waals surface area contributed by atoms with Crippen molar-refractivity contribution in [2.24, 2.45) is 0 Å². The molecule has 0 unspecified atom stereocenters. The highest BCUT2D eigenvalue weighted by Crippen LogP contribution is 2.31. The second-order valence-corrected chi connectivity index (χ2v) is 5.23. The van der Waals surface area contributed by atoms with Crippen LogP contribution < -0.4 is 5.32 Å². The molecule has 0 spiro atoms. The number of carbonyl (C=O) groups is 2. The third-order valence-corrected chi connectivity index (χ3v) is 3.67. The highest BCUT2D eigenvalue weighted by atomic mass is 16.5. The smallest absolute Gasteiger partial charge is 0.325 e. The van der Waals surface area contributed by atoms with Gasteiger partial charge in [0.05, 0.1) is 12.6 Å². The van der Waals surface area contributed by atoms with Gasteiger partial charge in [-0.25, -0.2) is 4.79 Å². The van der Waals surface area contributed by atoms with Crippen LogP contribution in [0, 0.1) is 6.92 Å². The number of likely N-dealkylation sites (tertiary alicyclic amines) is 1. The molecule has 21 heavy (non-hydrogen) atoms. The maximum Gasteiger partial charge on any atom is 0.325 e. The average molecular weight is 290 g/mol. The number of rotatable bonds is 4. The molecule has 0 radical (unpaired) electrons. The van der Waals surface area contributed by atoms with E-state index in [0.717, 1.165) is 18.4 Å². The quantitative estimate of drug-likeness (QED) is 0.866. The monoisotopic (exact) mass is 290 g/mol. The molecule has 1 heterocycles. The highest BCUT2D eigenvalue weighted by molar-refractivity contribution is 5.81. The van der Waals surface area contributed by atoms with E-state index in [9.17, 15) is 9.59 Å². The summed E-state index contributed by atoms with van der Waals surface area (Å²) in [7, 11) is 0. The number of carbonyl (C=O) groups excluding carboxylic acids is 2. The van der Waals surface area contributed by atoms with Gasteiger partial charge in [-0.3, -0.25) is 4.79 Å². The summed E-state index contributed by atoms with van der Waals surface area (Å²) in [5.41, 5.74) is 2.35. The standard InChI is InChI=1S/C16H22N2O3/c1-3-21-15(19)11-17-16(20)18-10-4-5-14(18)13-8-6-12(2)7-9-13/h6-9,14H,3-5,10-11H2,1-2H3,(H,17,20)/t14-/m0/s1. The van der Waals surface area contributed by atoms with Crippen molar-refractivity contribution in [3.05, 3.63) is 35.4 Å². The lowest BCUT2D eigenvalue weighted by Crippen LogP contribution is -2.42. The Balaban J connectivity index is 1.96. The third-order valence-electron chi connectivity index (χ3n) is 3.67. The van der Waals surface area contributed by atoms with Crippen molar-refractivity contribution >= 4 is 12.0 Å². The van der Waals surface area contributed by atoms with Crippen LogP contribution in [0.2, 0.25) is 0 Å². The molecule has 2 amide bonds. The predicted octanol–water partition coefficient (Wildman–Crippen LogP) is 2.40. The molecule has 0 saturated carbocycles. The first-order chi connectivity index (χ1) is 10.1. The summed E-state index contributed by atoms with van der Waals surface area (Å²) in [6, 6.07) is 8.14. The van der Waals surface area contributed by atoms with Gasteiger partial charge in [-0.15, -0.1) is 0 Å². The summed E-state index contributed by atoms with van der Waals surface area (Å²) in [6.45, 7) is 4.75. The fourth-order valence-electron chi connectivity index (χ4n) is 2.61. The molecule has 0 bridgehead atoms. The van der Waals surface area contributed by atoms with Gasteiger partial charge in [-0.2, -0.15) is 0 Å². The van der Waals surface area contributed by atoms with Crippen molar-refractivity contribution in [3.63, 3.8) is 0 Å². The molecule has 1 atom stereocenters. The fraction of sp³-hybridized carbons (Fsp3) is 0.500. The molecule has 1 aromatic carbocycles. The summed E-state index contributed by atoms with van der Waals surface area (Å²) in [5.74, 6) is -0.406. The van der Waals surface area contributed by atoms with Crippen LogP contribution in [0.25, 0.3) is 0 Å². The number of nitrogens with zero attached hydrogens (tertiary/aromatic N) is 1. The van der Waals surface area contributed by atoms with E-state index >= 15 is 0 Å². The second kappa shape index (κ2) is 7.11. The number of hydrogen-bond donors (Lipinski definition) is 1. The van der Waals surface area contributed by atoms with Crippen LogP contribution in [0.15, 0.2) is 24.3 Å². The maximum atomic E-state index is 12.2. The molecule has 1 fully saturated rings. The highest BCUT2D eigenvalue weighted by Gasteiger charge is 2.29. The van der Waals surface area contributed by atoms with Crippen molar-refractivity contribution in [2.45, 2.75) is 32.7 Å². The van der Waals surface area contributed by atoms with E-state index in [2.05, 4.69) is 29.6 Å². The molecule has 2 rings (SSSR count). The lowest BCUT2D eigenvalue weighted by atomic mass is 10.0.